The number of likely N-dealkylation sites (tertiary alicyclic amines) is 1. The van der Waals surface area contributed by atoms with E-state index in [4.69, 9.17) is 23.7 Å². The SMILES string of the molecule is COc1cc(C2/C(=C(\O)c3ccc4c(c3)OCCO4)C(=O)C(=O)N2CCN(C)C)cc(OC)c1OC. The summed E-state index contributed by atoms with van der Waals surface area (Å²) in [5.41, 5.74) is 0.827. The molecule has 2 aliphatic rings. The van der Waals surface area contributed by atoms with E-state index in [0.717, 1.165) is 0 Å². The highest BCUT2D eigenvalue weighted by Crippen LogP contribution is 2.46. The summed E-state index contributed by atoms with van der Waals surface area (Å²) in [6.45, 7) is 1.57. The number of nitrogens with zero attached hydrogens (tertiary/aromatic N) is 2. The molecular weight excluding hydrogens is 468 g/mol. The number of likely N-dealkylation sites (N-methyl/N-ethyl adjacent to an activating group) is 1. The van der Waals surface area contributed by atoms with Crippen molar-refractivity contribution in [3.05, 3.63) is 47.0 Å². The summed E-state index contributed by atoms with van der Waals surface area (Å²) in [5, 5.41) is 11.4. The fourth-order valence-corrected chi connectivity index (χ4v) is 4.37. The molecule has 36 heavy (non-hydrogen) atoms. The first-order valence-electron chi connectivity index (χ1n) is 11.4. The van der Waals surface area contributed by atoms with Crippen LogP contribution in [0.4, 0.5) is 0 Å². The average molecular weight is 499 g/mol. The Kier molecular flexibility index (Phi) is 7.25. The van der Waals surface area contributed by atoms with Crippen LogP contribution in [-0.2, 0) is 9.59 Å². The van der Waals surface area contributed by atoms with Crippen LogP contribution in [0.15, 0.2) is 35.9 Å². The molecule has 10 nitrogen and oxygen atoms in total. The third-order valence-electron chi connectivity index (χ3n) is 6.15. The predicted molar refractivity (Wildman–Crippen MR) is 131 cm³/mol. The van der Waals surface area contributed by atoms with E-state index in [-0.39, 0.29) is 17.9 Å². The van der Waals surface area contributed by atoms with Crippen LogP contribution in [-0.4, -0.2) is 88.3 Å². The van der Waals surface area contributed by atoms with E-state index < -0.39 is 17.7 Å². The molecule has 1 fully saturated rings. The van der Waals surface area contributed by atoms with Crippen molar-refractivity contribution in [1.29, 1.82) is 0 Å². The van der Waals surface area contributed by atoms with E-state index in [1.807, 2.05) is 19.0 Å². The van der Waals surface area contributed by atoms with Crippen molar-refractivity contribution in [1.82, 2.24) is 9.80 Å². The van der Waals surface area contributed by atoms with Gasteiger partial charge in [0.25, 0.3) is 11.7 Å². The minimum Gasteiger partial charge on any atom is -0.507 e. The second kappa shape index (κ2) is 10.4. The fourth-order valence-electron chi connectivity index (χ4n) is 4.37. The molecule has 192 valence electrons. The van der Waals surface area contributed by atoms with Gasteiger partial charge in [0.1, 0.15) is 19.0 Å². The molecule has 0 aliphatic carbocycles. The molecule has 2 aromatic carbocycles. The molecule has 0 aromatic heterocycles. The van der Waals surface area contributed by atoms with E-state index >= 15 is 0 Å². The fraction of sp³-hybridized carbons (Fsp3) is 0.385. The minimum absolute atomic E-state index is 0.0373. The summed E-state index contributed by atoms with van der Waals surface area (Å²) in [5.74, 6) is 0.322. The third-order valence-corrected chi connectivity index (χ3v) is 6.15. The van der Waals surface area contributed by atoms with E-state index in [9.17, 15) is 14.7 Å². The van der Waals surface area contributed by atoms with Gasteiger partial charge in [-0.1, -0.05) is 0 Å². The van der Waals surface area contributed by atoms with Crippen LogP contribution in [0.5, 0.6) is 28.7 Å². The normalized spacial score (nSPS) is 18.5. The van der Waals surface area contributed by atoms with Crippen molar-refractivity contribution in [3.8, 4) is 28.7 Å². The van der Waals surface area contributed by atoms with Crippen LogP contribution in [0.25, 0.3) is 5.76 Å². The first-order chi connectivity index (χ1) is 17.3. The van der Waals surface area contributed by atoms with Crippen LogP contribution in [0.3, 0.4) is 0 Å². The largest absolute Gasteiger partial charge is 0.507 e. The Morgan fingerprint density at radius 3 is 2.22 bits per heavy atom. The maximum Gasteiger partial charge on any atom is 0.295 e. The number of hydrogen-bond acceptors (Lipinski definition) is 9. The van der Waals surface area contributed by atoms with E-state index in [0.29, 0.717) is 59.6 Å². The Hall–Kier alpha value is -3.92. The molecule has 0 radical (unpaired) electrons. The minimum atomic E-state index is -0.883. The first-order valence-corrected chi connectivity index (χ1v) is 11.4. The van der Waals surface area contributed by atoms with E-state index in [2.05, 4.69) is 0 Å². The topological polar surface area (TPSA) is 107 Å². The molecule has 0 bridgehead atoms. The van der Waals surface area contributed by atoms with Crippen LogP contribution in [0.1, 0.15) is 17.2 Å². The Bertz CT molecular complexity index is 1180. The number of methoxy groups -OCH3 is 3. The van der Waals surface area contributed by atoms with Gasteiger partial charge < -0.3 is 38.6 Å². The third kappa shape index (κ3) is 4.51. The zero-order valence-electron chi connectivity index (χ0n) is 21.0. The van der Waals surface area contributed by atoms with E-state index in [1.165, 1.54) is 26.2 Å². The lowest BCUT2D eigenvalue weighted by molar-refractivity contribution is -0.140. The highest BCUT2D eigenvalue weighted by molar-refractivity contribution is 6.46. The zero-order chi connectivity index (χ0) is 26.0. The number of hydrogen-bond donors (Lipinski definition) is 1. The lowest BCUT2D eigenvalue weighted by Gasteiger charge is -2.27. The van der Waals surface area contributed by atoms with Crippen molar-refractivity contribution in [2.75, 3.05) is 61.7 Å². The molecule has 10 heteroatoms. The average Bonchev–Trinajstić information content (AvgIpc) is 3.15. The molecular formula is C26H30N2O8. The van der Waals surface area contributed by atoms with Crippen LogP contribution < -0.4 is 23.7 Å². The van der Waals surface area contributed by atoms with Gasteiger partial charge in [-0.05, 0) is 50.0 Å². The molecule has 4 rings (SSSR count). The van der Waals surface area contributed by atoms with Crippen molar-refractivity contribution in [2.24, 2.45) is 0 Å². The summed E-state index contributed by atoms with van der Waals surface area (Å²) in [4.78, 5) is 29.9. The highest BCUT2D eigenvalue weighted by atomic mass is 16.6. The number of amides is 1. The number of Topliss-reactive ketones (excluding diaryl/α,β-unsaturated/α-hetero) is 1. The molecule has 1 unspecified atom stereocenters. The van der Waals surface area contributed by atoms with Gasteiger partial charge in [-0.3, -0.25) is 9.59 Å². The molecule has 2 heterocycles. The van der Waals surface area contributed by atoms with Gasteiger partial charge in [0.15, 0.2) is 23.0 Å². The van der Waals surface area contributed by atoms with Crippen molar-refractivity contribution in [3.63, 3.8) is 0 Å². The van der Waals surface area contributed by atoms with Gasteiger partial charge in [0.2, 0.25) is 5.75 Å². The molecule has 0 spiro atoms. The maximum absolute atomic E-state index is 13.3. The maximum atomic E-state index is 13.3. The number of aliphatic hydroxyl groups excluding tert-OH is 1. The van der Waals surface area contributed by atoms with Gasteiger partial charge in [0, 0.05) is 18.7 Å². The lowest BCUT2D eigenvalue weighted by atomic mass is 9.94. The van der Waals surface area contributed by atoms with Crippen LogP contribution in [0, 0.1) is 0 Å². The molecule has 1 saturated heterocycles. The number of ketones is 1. The van der Waals surface area contributed by atoms with Crippen molar-refractivity contribution >= 4 is 17.4 Å². The number of aliphatic hydroxyl groups is 1. The van der Waals surface area contributed by atoms with Gasteiger partial charge >= 0.3 is 0 Å². The molecule has 1 amide bonds. The Morgan fingerprint density at radius 1 is 1.00 bits per heavy atom. The van der Waals surface area contributed by atoms with E-state index in [1.54, 1.807) is 30.3 Å². The molecule has 2 aromatic rings. The Labute approximate surface area is 209 Å². The lowest BCUT2D eigenvalue weighted by Crippen LogP contribution is -2.35. The monoisotopic (exact) mass is 498 g/mol. The van der Waals surface area contributed by atoms with Crippen LogP contribution in [0.2, 0.25) is 0 Å². The summed E-state index contributed by atoms with van der Waals surface area (Å²) in [6, 6.07) is 7.37. The quantitative estimate of drug-likeness (QED) is 0.334. The highest BCUT2D eigenvalue weighted by Gasteiger charge is 2.46. The van der Waals surface area contributed by atoms with Crippen molar-refractivity contribution in [2.45, 2.75) is 6.04 Å². The van der Waals surface area contributed by atoms with Crippen LogP contribution >= 0.6 is 0 Å². The smallest absolute Gasteiger partial charge is 0.295 e. The predicted octanol–water partition coefficient (Wildman–Crippen LogP) is 2.47. The summed E-state index contributed by atoms with van der Waals surface area (Å²) in [6.07, 6.45) is 0. The number of rotatable bonds is 8. The first kappa shape index (κ1) is 25.2. The molecule has 0 saturated carbocycles. The number of carbonyl (C=O) groups is 2. The zero-order valence-corrected chi connectivity index (χ0v) is 21.0. The van der Waals surface area contributed by atoms with Crippen molar-refractivity contribution < 1.29 is 38.4 Å². The molecule has 1 atom stereocenters. The van der Waals surface area contributed by atoms with Gasteiger partial charge in [-0.25, -0.2) is 0 Å². The standard InChI is InChI=1S/C26H30N2O8/c1-27(2)8-9-28-22(16-13-19(32-3)25(34-5)20(14-16)33-4)21(24(30)26(28)31)23(29)15-6-7-17-18(12-15)36-11-10-35-17/h6-7,12-14,22,29H,8-11H2,1-5H3/b23-21+. The number of fused-ring (bicyclic) bond motifs is 1. The number of benzene rings is 2. The Balaban J connectivity index is 1.90. The Morgan fingerprint density at radius 2 is 1.64 bits per heavy atom. The van der Waals surface area contributed by atoms with Gasteiger partial charge in [0.05, 0.1) is 32.9 Å². The second-order valence-corrected chi connectivity index (χ2v) is 8.61. The number of carbonyl (C=O) groups excluding carboxylic acids is 2. The number of ether oxygens (including phenoxy) is 5. The molecule has 1 N–H and O–H groups in total. The van der Waals surface area contributed by atoms with Gasteiger partial charge in [-0.2, -0.15) is 0 Å². The summed E-state index contributed by atoms with van der Waals surface area (Å²) in [7, 11) is 8.21. The molecule has 2 aliphatic heterocycles. The van der Waals surface area contributed by atoms with Gasteiger partial charge in [-0.15, -0.1) is 0 Å². The summed E-state index contributed by atoms with van der Waals surface area (Å²) < 4.78 is 27.6. The second-order valence-electron chi connectivity index (χ2n) is 8.61. The summed E-state index contributed by atoms with van der Waals surface area (Å²) >= 11 is 0.